The summed E-state index contributed by atoms with van der Waals surface area (Å²) in [4.78, 5) is 25.7. The Bertz CT molecular complexity index is 736. The molecule has 126 valence electrons. The molecule has 0 aliphatic carbocycles. The van der Waals surface area contributed by atoms with Gasteiger partial charge in [-0.05, 0) is 30.5 Å². The predicted molar refractivity (Wildman–Crippen MR) is 90.2 cm³/mol. The molecule has 1 aromatic carbocycles. The summed E-state index contributed by atoms with van der Waals surface area (Å²) in [6.07, 6.45) is 5.80. The number of nitrogens with one attached hydrogen (secondary N) is 1. The van der Waals surface area contributed by atoms with Gasteiger partial charge in [0.25, 0.3) is 5.91 Å². The van der Waals surface area contributed by atoms with Crippen LogP contribution in [0.3, 0.4) is 0 Å². The van der Waals surface area contributed by atoms with Crippen molar-refractivity contribution in [1.82, 2.24) is 20.0 Å². The number of benzene rings is 1. The van der Waals surface area contributed by atoms with Crippen molar-refractivity contribution in [2.45, 2.75) is 32.4 Å². The van der Waals surface area contributed by atoms with E-state index >= 15 is 0 Å². The van der Waals surface area contributed by atoms with E-state index in [2.05, 4.69) is 10.4 Å². The van der Waals surface area contributed by atoms with Crippen LogP contribution < -0.4 is 5.32 Å². The first-order valence-corrected chi connectivity index (χ1v) is 8.17. The van der Waals surface area contributed by atoms with E-state index in [1.54, 1.807) is 4.68 Å². The zero-order valence-electron chi connectivity index (χ0n) is 14.0. The largest absolute Gasteiger partial charge is 0.352 e. The van der Waals surface area contributed by atoms with Gasteiger partial charge in [-0.1, -0.05) is 12.1 Å². The number of amides is 2. The molecular formula is C18H22N4O2. The minimum absolute atomic E-state index is 0.0485. The molecule has 3 rings (SSSR count). The summed E-state index contributed by atoms with van der Waals surface area (Å²) in [7, 11) is 1.89. The van der Waals surface area contributed by atoms with E-state index in [1.807, 2.05) is 48.6 Å². The minimum Gasteiger partial charge on any atom is -0.352 e. The van der Waals surface area contributed by atoms with Gasteiger partial charge >= 0.3 is 0 Å². The van der Waals surface area contributed by atoms with Crippen LogP contribution in [0.5, 0.6) is 0 Å². The van der Waals surface area contributed by atoms with E-state index in [1.165, 1.54) is 6.92 Å². The van der Waals surface area contributed by atoms with Crippen LogP contribution in [-0.4, -0.2) is 33.0 Å². The van der Waals surface area contributed by atoms with Crippen molar-refractivity contribution < 1.29 is 9.59 Å². The maximum Gasteiger partial charge on any atom is 0.254 e. The molecule has 1 atom stereocenters. The molecule has 6 heteroatoms. The first-order chi connectivity index (χ1) is 11.5. The third kappa shape index (κ3) is 3.48. The number of hydrogen-bond acceptors (Lipinski definition) is 3. The average molecular weight is 326 g/mol. The predicted octanol–water partition coefficient (Wildman–Crippen LogP) is 2.03. The van der Waals surface area contributed by atoms with Crippen molar-refractivity contribution in [3.63, 3.8) is 0 Å². The third-order valence-corrected chi connectivity index (χ3v) is 4.37. The van der Waals surface area contributed by atoms with Crippen LogP contribution in [0.1, 0.15) is 47.3 Å². The fourth-order valence-electron chi connectivity index (χ4n) is 3.13. The monoisotopic (exact) mass is 326 g/mol. The van der Waals surface area contributed by atoms with Crippen molar-refractivity contribution in [2.75, 3.05) is 6.54 Å². The third-order valence-electron chi connectivity index (χ3n) is 4.37. The summed E-state index contributed by atoms with van der Waals surface area (Å²) in [5.74, 6) is -0.0148. The second-order valence-corrected chi connectivity index (χ2v) is 6.21. The van der Waals surface area contributed by atoms with E-state index in [9.17, 15) is 9.59 Å². The van der Waals surface area contributed by atoms with Crippen LogP contribution in [0.4, 0.5) is 0 Å². The number of carbonyl (C=O) groups is 2. The molecule has 1 unspecified atom stereocenters. The van der Waals surface area contributed by atoms with Gasteiger partial charge in [0.15, 0.2) is 0 Å². The number of carbonyl (C=O) groups excluding carboxylic acids is 2. The summed E-state index contributed by atoms with van der Waals surface area (Å²) >= 11 is 0. The molecule has 0 spiro atoms. The SMILES string of the molecule is CC(=O)NCc1ccc(C(=O)N2CCCC2c2cnn(C)c2)cc1. The lowest BCUT2D eigenvalue weighted by atomic mass is 10.1. The van der Waals surface area contributed by atoms with Crippen LogP contribution in [0, 0.1) is 0 Å². The van der Waals surface area contributed by atoms with Crippen molar-refractivity contribution in [3.05, 3.63) is 53.3 Å². The van der Waals surface area contributed by atoms with Gasteiger partial charge in [0.2, 0.25) is 5.91 Å². The van der Waals surface area contributed by atoms with Crippen molar-refractivity contribution in [2.24, 2.45) is 7.05 Å². The molecule has 1 fully saturated rings. The van der Waals surface area contributed by atoms with Gasteiger partial charge in [0, 0.05) is 44.4 Å². The first-order valence-electron chi connectivity index (χ1n) is 8.17. The second kappa shape index (κ2) is 6.86. The summed E-state index contributed by atoms with van der Waals surface area (Å²) in [6, 6.07) is 7.54. The molecule has 6 nitrogen and oxygen atoms in total. The highest BCUT2D eigenvalue weighted by Gasteiger charge is 2.31. The molecule has 1 N–H and O–H groups in total. The fourth-order valence-corrected chi connectivity index (χ4v) is 3.13. The Kier molecular flexibility index (Phi) is 4.64. The van der Waals surface area contributed by atoms with E-state index in [0.29, 0.717) is 12.1 Å². The van der Waals surface area contributed by atoms with Crippen LogP contribution in [0.15, 0.2) is 36.7 Å². The Morgan fingerprint density at radius 3 is 2.67 bits per heavy atom. The number of rotatable bonds is 4. The van der Waals surface area contributed by atoms with Crippen molar-refractivity contribution >= 4 is 11.8 Å². The van der Waals surface area contributed by atoms with E-state index < -0.39 is 0 Å². The molecule has 1 aromatic heterocycles. The zero-order valence-corrected chi connectivity index (χ0v) is 14.0. The summed E-state index contributed by atoms with van der Waals surface area (Å²) < 4.78 is 1.77. The molecule has 2 heterocycles. The maximum absolute atomic E-state index is 12.8. The smallest absolute Gasteiger partial charge is 0.254 e. The maximum atomic E-state index is 12.8. The highest BCUT2D eigenvalue weighted by Crippen LogP contribution is 2.32. The number of hydrogen-bond donors (Lipinski definition) is 1. The number of nitrogens with zero attached hydrogens (tertiary/aromatic N) is 3. The molecule has 0 bridgehead atoms. The Morgan fingerprint density at radius 1 is 1.29 bits per heavy atom. The Balaban J connectivity index is 1.72. The molecule has 1 aliphatic rings. The lowest BCUT2D eigenvalue weighted by Gasteiger charge is -2.24. The van der Waals surface area contributed by atoms with E-state index in [4.69, 9.17) is 0 Å². The first kappa shape index (κ1) is 16.2. The highest BCUT2D eigenvalue weighted by molar-refractivity contribution is 5.94. The quantitative estimate of drug-likeness (QED) is 0.935. The van der Waals surface area contributed by atoms with Gasteiger partial charge in [-0.15, -0.1) is 0 Å². The van der Waals surface area contributed by atoms with Crippen LogP contribution >= 0.6 is 0 Å². The molecule has 24 heavy (non-hydrogen) atoms. The Labute approximate surface area is 141 Å². The minimum atomic E-state index is -0.0634. The lowest BCUT2D eigenvalue weighted by molar-refractivity contribution is -0.119. The molecule has 0 saturated carbocycles. The van der Waals surface area contributed by atoms with E-state index in [-0.39, 0.29) is 17.9 Å². The van der Waals surface area contributed by atoms with Gasteiger partial charge in [0.05, 0.1) is 12.2 Å². The normalized spacial score (nSPS) is 17.1. The Hall–Kier alpha value is -2.63. The van der Waals surface area contributed by atoms with Crippen molar-refractivity contribution in [3.8, 4) is 0 Å². The molecule has 1 aliphatic heterocycles. The molecule has 1 saturated heterocycles. The van der Waals surface area contributed by atoms with Crippen LogP contribution in [0.2, 0.25) is 0 Å². The summed E-state index contributed by atoms with van der Waals surface area (Å²) in [5.41, 5.74) is 2.75. The van der Waals surface area contributed by atoms with Gasteiger partial charge < -0.3 is 10.2 Å². The zero-order chi connectivity index (χ0) is 17.1. The van der Waals surface area contributed by atoms with Gasteiger partial charge in [0.1, 0.15) is 0 Å². The number of aromatic nitrogens is 2. The standard InChI is InChI=1S/C18H22N4O2/c1-13(23)19-10-14-5-7-15(8-6-14)18(24)22-9-3-4-17(22)16-11-20-21(2)12-16/h5-8,11-12,17H,3-4,9-10H2,1-2H3,(H,19,23). The molecule has 0 radical (unpaired) electrons. The lowest BCUT2D eigenvalue weighted by Crippen LogP contribution is -2.30. The van der Waals surface area contributed by atoms with Crippen LogP contribution in [0.25, 0.3) is 0 Å². The number of likely N-dealkylation sites (tertiary alicyclic amines) is 1. The number of aryl methyl sites for hydroxylation is 1. The highest BCUT2D eigenvalue weighted by atomic mass is 16.2. The molecule has 2 amide bonds. The molecular weight excluding hydrogens is 304 g/mol. The van der Waals surface area contributed by atoms with Gasteiger partial charge in [-0.2, -0.15) is 5.10 Å². The van der Waals surface area contributed by atoms with Crippen molar-refractivity contribution in [1.29, 1.82) is 0 Å². The second-order valence-electron chi connectivity index (χ2n) is 6.21. The Morgan fingerprint density at radius 2 is 2.04 bits per heavy atom. The molecule has 2 aromatic rings. The summed E-state index contributed by atoms with van der Waals surface area (Å²) in [6.45, 7) is 2.74. The fraction of sp³-hybridized carbons (Fsp3) is 0.389. The average Bonchev–Trinajstić information content (AvgIpc) is 3.21. The topological polar surface area (TPSA) is 67.2 Å². The van der Waals surface area contributed by atoms with Gasteiger partial charge in [-0.3, -0.25) is 14.3 Å². The van der Waals surface area contributed by atoms with Gasteiger partial charge in [-0.25, -0.2) is 0 Å². The van der Waals surface area contributed by atoms with E-state index in [0.717, 1.165) is 30.5 Å². The summed E-state index contributed by atoms with van der Waals surface area (Å²) in [5, 5.41) is 6.97. The van der Waals surface area contributed by atoms with Crippen LogP contribution in [-0.2, 0) is 18.4 Å².